The molecule has 0 aliphatic carbocycles. The Morgan fingerprint density at radius 2 is 0.850 bits per heavy atom. The summed E-state index contributed by atoms with van der Waals surface area (Å²) in [5.74, 6) is 1.91. The van der Waals surface area contributed by atoms with Crippen LogP contribution in [-0.4, -0.2) is 19.9 Å². The smallest absolute Gasteiger partial charge is 0.164 e. The third-order valence-electron chi connectivity index (χ3n) is 11.3. The van der Waals surface area contributed by atoms with E-state index in [1.165, 1.54) is 16.3 Å². The Morgan fingerprint density at radius 3 is 1.58 bits per heavy atom. The van der Waals surface area contributed by atoms with Crippen molar-refractivity contribution >= 4 is 43.2 Å². The van der Waals surface area contributed by atoms with Crippen LogP contribution in [-0.2, 0) is 0 Å². The zero-order chi connectivity index (χ0) is 40.0. The minimum absolute atomic E-state index is 0.628. The number of rotatable bonds is 6. The second-order valence-corrected chi connectivity index (χ2v) is 15.0. The standard InChI is InChI=1S/C55H33N5/c56-34-35-12-9-18-42(28-35)49-33-50-46-21-8-7-20-45(46)48(32-51(50)47-22-11-27-57-52(47)49)43-26-25-40-29-39(23-24-41(40)30-43)38-17-10-19-44(31-38)55-59-53(36-13-3-1-4-14-36)58-54(60-55)37-15-5-2-6-16-37/h1-33H. The third-order valence-corrected chi connectivity index (χ3v) is 11.3. The van der Waals surface area contributed by atoms with Crippen molar-refractivity contribution in [3.8, 4) is 73.6 Å². The van der Waals surface area contributed by atoms with E-state index >= 15 is 0 Å². The van der Waals surface area contributed by atoms with Gasteiger partial charge in [-0.3, -0.25) is 4.98 Å². The Balaban J connectivity index is 0.995. The van der Waals surface area contributed by atoms with Gasteiger partial charge in [0.05, 0.1) is 17.1 Å². The topological polar surface area (TPSA) is 75.3 Å². The molecule has 0 spiro atoms. The van der Waals surface area contributed by atoms with Crippen LogP contribution in [0.15, 0.2) is 200 Å². The third kappa shape index (κ3) is 6.21. The predicted octanol–water partition coefficient (Wildman–Crippen LogP) is 13.8. The van der Waals surface area contributed by atoms with E-state index in [0.717, 1.165) is 77.0 Å². The van der Waals surface area contributed by atoms with Crippen LogP contribution in [0.1, 0.15) is 5.56 Å². The Hall–Kier alpha value is -8.33. The summed E-state index contributed by atoms with van der Waals surface area (Å²) in [4.78, 5) is 19.7. The zero-order valence-electron chi connectivity index (χ0n) is 32.3. The summed E-state index contributed by atoms with van der Waals surface area (Å²) in [5, 5.41) is 17.7. The van der Waals surface area contributed by atoms with Crippen molar-refractivity contribution < 1.29 is 0 Å². The molecule has 0 N–H and O–H groups in total. The van der Waals surface area contributed by atoms with Gasteiger partial charge in [0, 0.05) is 33.8 Å². The normalized spacial score (nSPS) is 11.3. The molecular formula is C55H33N5. The van der Waals surface area contributed by atoms with Crippen LogP contribution in [0.2, 0.25) is 0 Å². The van der Waals surface area contributed by atoms with Crippen molar-refractivity contribution in [1.29, 1.82) is 5.26 Å². The van der Waals surface area contributed by atoms with Gasteiger partial charge in [0.15, 0.2) is 17.5 Å². The summed E-state index contributed by atoms with van der Waals surface area (Å²) in [6, 6.07) is 69.5. The lowest BCUT2D eigenvalue weighted by Gasteiger charge is -2.16. The number of hydrogen-bond donors (Lipinski definition) is 0. The maximum absolute atomic E-state index is 9.66. The fraction of sp³-hybridized carbons (Fsp3) is 0. The van der Waals surface area contributed by atoms with E-state index in [9.17, 15) is 5.26 Å². The summed E-state index contributed by atoms with van der Waals surface area (Å²) < 4.78 is 0. The molecule has 5 nitrogen and oxygen atoms in total. The summed E-state index contributed by atoms with van der Waals surface area (Å²) in [7, 11) is 0. The average molecular weight is 764 g/mol. The van der Waals surface area contributed by atoms with Crippen LogP contribution in [0, 0.1) is 11.3 Å². The van der Waals surface area contributed by atoms with Gasteiger partial charge in [0.25, 0.3) is 0 Å². The van der Waals surface area contributed by atoms with Crippen molar-refractivity contribution in [2.24, 2.45) is 0 Å². The number of aromatic nitrogens is 4. The monoisotopic (exact) mass is 763 g/mol. The molecule has 0 aliphatic heterocycles. The molecular weight excluding hydrogens is 731 g/mol. The molecule has 0 saturated carbocycles. The molecule has 60 heavy (non-hydrogen) atoms. The van der Waals surface area contributed by atoms with Crippen LogP contribution in [0.3, 0.4) is 0 Å². The SMILES string of the molecule is N#Cc1cccc(-c2cc3c4ccccc4c(-c4ccc5cc(-c6cccc(-c7nc(-c8ccccc8)nc(-c8ccccc8)n7)c6)ccc5c4)cc3c3cccnc23)c1. The van der Waals surface area contributed by atoms with Gasteiger partial charge >= 0.3 is 0 Å². The minimum Gasteiger partial charge on any atom is -0.256 e. The lowest BCUT2D eigenvalue weighted by molar-refractivity contribution is 1.07. The molecule has 0 radical (unpaired) electrons. The maximum atomic E-state index is 9.66. The molecule has 11 aromatic rings. The number of fused-ring (bicyclic) bond motifs is 6. The highest BCUT2D eigenvalue weighted by atomic mass is 15.0. The van der Waals surface area contributed by atoms with Gasteiger partial charge in [-0.25, -0.2) is 15.0 Å². The predicted molar refractivity (Wildman–Crippen MR) is 245 cm³/mol. The number of hydrogen-bond acceptors (Lipinski definition) is 5. The second-order valence-electron chi connectivity index (χ2n) is 15.0. The van der Waals surface area contributed by atoms with Crippen molar-refractivity contribution in [1.82, 2.24) is 19.9 Å². The van der Waals surface area contributed by atoms with Crippen molar-refractivity contribution in [2.45, 2.75) is 0 Å². The average Bonchev–Trinajstić information content (AvgIpc) is 3.33. The fourth-order valence-electron chi connectivity index (χ4n) is 8.41. The van der Waals surface area contributed by atoms with Gasteiger partial charge in [-0.05, 0) is 109 Å². The number of pyridine rings is 1. The zero-order valence-corrected chi connectivity index (χ0v) is 32.3. The molecule has 2 heterocycles. The quantitative estimate of drug-likeness (QED) is 0.158. The molecule has 0 saturated heterocycles. The highest BCUT2D eigenvalue weighted by Gasteiger charge is 2.17. The van der Waals surface area contributed by atoms with Crippen LogP contribution >= 0.6 is 0 Å². The molecule has 9 aromatic carbocycles. The van der Waals surface area contributed by atoms with Gasteiger partial charge in [-0.2, -0.15) is 5.26 Å². The lowest BCUT2D eigenvalue weighted by atomic mass is 9.88. The van der Waals surface area contributed by atoms with E-state index < -0.39 is 0 Å². The summed E-state index contributed by atoms with van der Waals surface area (Å²) >= 11 is 0. The van der Waals surface area contributed by atoms with Crippen LogP contribution < -0.4 is 0 Å². The van der Waals surface area contributed by atoms with Gasteiger partial charge in [0.1, 0.15) is 0 Å². The molecule has 5 heteroatoms. The van der Waals surface area contributed by atoms with E-state index in [-0.39, 0.29) is 0 Å². The second kappa shape index (κ2) is 14.6. The van der Waals surface area contributed by atoms with E-state index in [2.05, 4.69) is 115 Å². The molecule has 0 bridgehead atoms. The summed E-state index contributed by atoms with van der Waals surface area (Å²) in [6.07, 6.45) is 1.85. The first kappa shape index (κ1) is 34.9. The lowest BCUT2D eigenvalue weighted by Crippen LogP contribution is -2.00. The van der Waals surface area contributed by atoms with Gasteiger partial charge in [-0.15, -0.1) is 0 Å². The van der Waals surface area contributed by atoms with E-state index in [1.807, 2.05) is 91.1 Å². The Bertz CT molecular complexity index is 3440. The molecule has 0 amide bonds. The highest BCUT2D eigenvalue weighted by molar-refractivity contribution is 6.23. The Morgan fingerprint density at radius 1 is 0.333 bits per heavy atom. The molecule has 0 atom stereocenters. The first-order valence-electron chi connectivity index (χ1n) is 19.9. The molecule has 278 valence electrons. The number of benzene rings is 9. The fourth-order valence-corrected chi connectivity index (χ4v) is 8.41. The molecule has 2 aromatic heterocycles. The summed E-state index contributed by atoms with van der Waals surface area (Å²) in [6.45, 7) is 0. The minimum atomic E-state index is 0.628. The van der Waals surface area contributed by atoms with Crippen LogP contribution in [0.5, 0.6) is 0 Å². The number of nitrogens with zero attached hydrogens (tertiary/aromatic N) is 5. The number of nitriles is 1. The largest absolute Gasteiger partial charge is 0.256 e. The molecule has 11 rings (SSSR count). The van der Waals surface area contributed by atoms with Crippen LogP contribution in [0.25, 0.3) is 111 Å². The van der Waals surface area contributed by atoms with Gasteiger partial charge in [0.2, 0.25) is 0 Å². The van der Waals surface area contributed by atoms with E-state index in [1.54, 1.807) is 0 Å². The molecule has 0 aliphatic rings. The van der Waals surface area contributed by atoms with Crippen molar-refractivity contribution in [3.63, 3.8) is 0 Å². The van der Waals surface area contributed by atoms with Crippen molar-refractivity contribution in [3.05, 3.63) is 206 Å². The van der Waals surface area contributed by atoms with Crippen molar-refractivity contribution in [2.75, 3.05) is 0 Å². The maximum Gasteiger partial charge on any atom is 0.164 e. The summed E-state index contributed by atoms with van der Waals surface area (Å²) in [5.41, 5.74) is 10.9. The van der Waals surface area contributed by atoms with E-state index in [0.29, 0.717) is 23.0 Å². The molecule has 0 fully saturated rings. The first-order chi connectivity index (χ1) is 29.7. The Kier molecular flexibility index (Phi) is 8.46. The molecule has 0 unspecified atom stereocenters. The van der Waals surface area contributed by atoms with E-state index in [4.69, 9.17) is 19.9 Å². The van der Waals surface area contributed by atoms with Gasteiger partial charge < -0.3 is 0 Å². The first-order valence-corrected chi connectivity index (χ1v) is 19.9. The van der Waals surface area contributed by atoms with Crippen LogP contribution in [0.4, 0.5) is 0 Å². The highest BCUT2D eigenvalue weighted by Crippen LogP contribution is 2.42. The Labute approximate surface area is 346 Å². The van der Waals surface area contributed by atoms with Gasteiger partial charge in [-0.1, -0.05) is 146 Å².